The van der Waals surface area contributed by atoms with Crippen LogP contribution in [0.5, 0.6) is 5.75 Å². The van der Waals surface area contributed by atoms with Crippen LogP contribution in [0.15, 0.2) is 12.1 Å². The van der Waals surface area contributed by atoms with Crippen LogP contribution in [0.3, 0.4) is 0 Å². The van der Waals surface area contributed by atoms with Crippen molar-refractivity contribution in [2.45, 2.75) is 39.0 Å². The number of urea groups is 1. The SMILES string of the molecule is CCC[C@@H]1NC(=O)N(Cc2cc(F)cc3c2OCOC3)C1=O. The Morgan fingerprint density at radius 2 is 2.23 bits per heavy atom. The molecule has 0 bridgehead atoms. The standard InChI is InChI=1S/C15H17FN2O4/c1-2-3-12-14(19)18(15(20)17-12)6-9-4-11(16)5-10-7-21-8-22-13(9)10/h4-5,12H,2-3,6-8H2,1H3,(H,17,20)/t12-/m0/s1. The topological polar surface area (TPSA) is 67.9 Å². The van der Waals surface area contributed by atoms with Crippen molar-refractivity contribution in [1.29, 1.82) is 0 Å². The van der Waals surface area contributed by atoms with Crippen LogP contribution in [0.4, 0.5) is 9.18 Å². The summed E-state index contributed by atoms with van der Waals surface area (Å²) in [5.74, 6) is -0.232. The third-order valence-electron chi connectivity index (χ3n) is 3.76. The van der Waals surface area contributed by atoms with E-state index in [1.165, 1.54) is 12.1 Å². The van der Waals surface area contributed by atoms with Gasteiger partial charge in [0.15, 0.2) is 6.79 Å². The summed E-state index contributed by atoms with van der Waals surface area (Å²) in [5.41, 5.74) is 1.05. The molecular formula is C15H17FN2O4. The monoisotopic (exact) mass is 308 g/mol. The minimum atomic E-state index is -0.494. The predicted molar refractivity (Wildman–Crippen MR) is 74.5 cm³/mol. The van der Waals surface area contributed by atoms with E-state index < -0.39 is 17.9 Å². The van der Waals surface area contributed by atoms with Gasteiger partial charge in [-0.05, 0) is 18.6 Å². The normalized spacial score (nSPS) is 20.6. The maximum Gasteiger partial charge on any atom is 0.325 e. The molecule has 1 atom stereocenters. The molecule has 0 radical (unpaired) electrons. The van der Waals surface area contributed by atoms with Gasteiger partial charge in [-0.15, -0.1) is 0 Å². The van der Waals surface area contributed by atoms with Crippen molar-refractivity contribution in [3.8, 4) is 5.75 Å². The van der Waals surface area contributed by atoms with Gasteiger partial charge in [-0.2, -0.15) is 0 Å². The lowest BCUT2D eigenvalue weighted by Gasteiger charge is -2.22. The second kappa shape index (κ2) is 5.92. The van der Waals surface area contributed by atoms with Gasteiger partial charge in [0, 0.05) is 11.1 Å². The van der Waals surface area contributed by atoms with Gasteiger partial charge in [-0.3, -0.25) is 9.69 Å². The summed E-state index contributed by atoms with van der Waals surface area (Å²) in [6.07, 6.45) is 1.38. The van der Waals surface area contributed by atoms with Crippen LogP contribution in [-0.2, 0) is 22.7 Å². The van der Waals surface area contributed by atoms with Gasteiger partial charge >= 0.3 is 6.03 Å². The quantitative estimate of drug-likeness (QED) is 0.863. The number of carbonyl (C=O) groups is 2. The van der Waals surface area contributed by atoms with Crippen molar-refractivity contribution < 1.29 is 23.5 Å². The number of hydrogen-bond acceptors (Lipinski definition) is 4. The lowest BCUT2D eigenvalue weighted by molar-refractivity contribution is -0.128. The summed E-state index contributed by atoms with van der Waals surface area (Å²) < 4.78 is 24.2. The molecule has 7 heteroatoms. The Morgan fingerprint density at radius 1 is 1.41 bits per heavy atom. The smallest absolute Gasteiger partial charge is 0.325 e. The van der Waals surface area contributed by atoms with Crippen LogP contribution in [0.2, 0.25) is 0 Å². The average Bonchev–Trinajstić information content (AvgIpc) is 2.75. The highest BCUT2D eigenvalue weighted by atomic mass is 19.1. The number of rotatable bonds is 4. The Kier molecular flexibility index (Phi) is 3.98. The largest absolute Gasteiger partial charge is 0.467 e. The molecule has 22 heavy (non-hydrogen) atoms. The van der Waals surface area contributed by atoms with Crippen LogP contribution in [0.25, 0.3) is 0 Å². The molecule has 0 saturated carbocycles. The van der Waals surface area contributed by atoms with Crippen LogP contribution < -0.4 is 10.1 Å². The Bertz CT molecular complexity index is 620. The third-order valence-corrected chi connectivity index (χ3v) is 3.76. The zero-order valence-electron chi connectivity index (χ0n) is 12.2. The molecule has 0 aliphatic carbocycles. The molecule has 3 rings (SSSR count). The third kappa shape index (κ3) is 2.64. The molecule has 2 aliphatic rings. The molecule has 6 nitrogen and oxygen atoms in total. The van der Waals surface area contributed by atoms with Gasteiger partial charge < -0.3 is 14.8 Å². The molecule has 1 aromatic rings. The number of carbonyl (C=O) groups excluding carboxylic acids is 2. The van der Waals surface area contributed by atoms with E-state index in [4.69, 9.17) is 9.47 Å². The van der Waals surface area contributed by atoms with Crippen molar-refractivity contribution >= 4 is 11.9 Å². The number of ether oxygens (including phenoxy) is 2. The Morgan fingerprint density at radius 3 is 3.00 bits per heavy atom. The molecule has 2 heterocycles. The minimum Gasteiger partial charge on any atom is -0.467 e. The molecule has 3 amide bonds. The average molecular weight is 308 g/mol. The number of imide groups is 1. The molecule has 0 unspecified atom stereocenters. The number of amides is 3. The van der Waals surface area contributed by atoms with Crippen LogP contribution in [-0.4, -0.2) is 29.7 Å². The van der Waals surface area contributed by atoms with E-state index in [9.17, 15) is 14.0 Å². The summed E-state index contributed by atoms with van der Waals surface area (Å²) in [4.78, 5) is 25.3. The summed E-state index contributed by atoms with van der Waals surface area (Å²) >= 11 is 0. The highest BCUT2D eigenvalue weighted by molar-refractivity contribution is 6.04. The van der Waals surface area contributed by atoms with Gasteiger partial charge in [0.1, 0.15) is 17.6 Å². The van der Waals surface area contributed by atoms with E-state index in [2.05, 4.69) is 5.32 Å². The maximum atomic E-state index is 13.7. The number of nitrogens with one attached hydrogen (secondary N) is 1. The van der Waals surface area contributed by atoms with Gasteiger partial charge in [0.2, 0.25) is 0 Å². The number of nitrogens with zero attached hydrogens (tertiary/aromatic N) is 1. The van der Waals surface area contributed by atoms with Crippen LogP contribution >= 0.6 is 0 Å². The maximum absolute atomic E-state index is 13.7. The first-order chi connectivity index (χ1) is 10.6. The van der Waals surface area contributed by atoms with Gasteiger partial charge in [-0.1, -0.05) is 13.3 Å². The Hall–Kier alpha value is -2.15. The van der Waals surface area contributed by atoms with Crippen molar-refractivity contribution in [1.82, 2.24) is 10.2 Å². The second-order valence-electron chi connectivity index (χ2n) is 5.38. The van der Waals surface area contributed by atoms with Crippen molar-refractivity contribution in [2.75, 3.05) is 6.79 Å². The van der Waals surface area contributed by atoms with Crippen molar-refractivity contribution in [3.63, 3.8) is 0 Å². The van der Waals surface area contributed by atoms with E-state index in [-0.39, 0.29) is 25.9 Å². The van der Waals surface area contributed by atoms with E-state index in [1.807, 2.05) is 6.92 Å². The highest BCUT2D eigenvalue weighted by Gasteiger charge is 2.37. The summed E-state index contributed by atoms with van der Waals surface area (Å²) in [6, 6.07) is 1.68. The molecule has 1 saturated heterocycles. The first-order valence-corrected chi connectivity index (χ1v) is 7.24. The van der Waals surface area contributed by atoms with Crippen molar-refractivity contribution in [2.24, 2.45) is 0 Å². The molecule has 118 valence electrons. The summed E-state index contributed by atoms with van der Waals surface area (Å²) in [7, 11) is 0. The van der Waals surface area contributed by atoms with Crippen LogP contribution in [0, 0.1) is 5.82 Å². The Labute approximate surface area is 127 Å². The fraction of sp³-hybridized carbons (Fsp3) is 0.467. The lowest BCUT2D eigenvalue weighted by atomic mass is 10.1. The molecule has 1 fully saturated rings. The summed E-state index contributed by atoms with van der Waals surface area (Å²) in [6.45, 7) is 2.26. The predicted octanol–water partition coefficient (Wildman–Crippen LogP) is 1.91. The zero-order valence-corrected chi connectivity index (χ0v) is 12.2. The Balaban J connectivity index is 1.86. The number of benzene rings is 1. The molecule has 1 aromatic carbocycles. The van der Waals surface area contributed by atoms with Crippen molar-refractivity contribution in [3.05, 3.63) is 29.1 Å². The molecule has 2 aliphatic heterocycles. The molecular weight excluding hydrogens is 291 g/mol. The number of halogens is 1. The van der Waals surface area contributed by atoms with Gasteiger partial charge in [-0.25, -0.2) is 9.18 Å². The van der Waals surface area contributed by atoms with E-state index in [1.54, 1.807) is 0 Å². The van der Waals surface area contributed by atoms with E-state index >= 15 is 0 Å². The van der Waals surface area contributed by atoms with Gasteiger partial charge in [0.05, 0.1) is 13.2 Å². The van der Waals surface area contributed by atoms with Crippen LogP contribution in [0.1, 0.15) is 30.9 Å². The lowest BCUT2D eigenvalue weighted by Crippen LogP contribution is -2.31. The summed E-state index contributed by atoms with van der Waals surface area (Å²) in [5, 5.41) is 2.65. The fourth-order valence-corrected chi connectivity index (χ4v) is 2.76. The van der Waals surface area contributed by atoms with E-state index in [0.717, 1.165) is 11.3 Å². The minimum absolute atomic E-state index is 0.00895. The number of hydrogen-bond donors (Lipinski definition) is 1. The number of fused-ring (bicyclic) bond motifs is 1. The fourth-order valence-electron chi connectivity index (χ4n) is 2.76. The zero-order chi connectivity index (χ0) is 15.7. The molecule has 0 spiro atoms. The second-order valence-corrected chi connectivity index (χ2v) is 5.38. The highest BCUT2D eigenvalue weighted by Crippen LogP contribution is 2.31. The van der Waals surface area contributed by atoms with E-state index in [0.29, 0.717) is 23.3 Å². The van der Waals surface area contributed by atoms with Gasteiger partial charge in [0.25, 0.3) is 5.91 Å². The first kappa shape index (κ1) is 14.8. The molecule has 0 aromatic heterocycles. The first-order valence-electron chi connectivity index (χ1n) is 7.24. The molecule has 1 N–H and O–H groups in total.